The van der Waals surface area contributed by atoms with Gasteiger partial charge < -0.3 is 5.11 Å². The lowest BCUT2D eigenvalue weighted by Gasteiger charge is -2.26. The third-order valence-electron chi connectivity index (χ3n) is 3.31. The minimum Gasteiger partial charge on any atom is -0.481 e. The van der Waals surface area contributed by atoms with Gasteiger partial charge >= 0.3 is 17.9 Å². The number of amidine groups is 2. The number of urea groups is 1. The van der Waals surface area contributed by atoms with Crippen molar-refractivity contribution in [2.75, 3.05) is 19.8 Å². The molecule has 2 aliphatic heterocycles. The largest absolute Gasteiger partial charge is 0.481 e. The number of carbonyl (C=O) groups is 3. The van der Waals surface area contributed by atoms with Crippen molar-refractivity contribution < 1.29 is 24.1 Å². The summed E-state index contributed by atoms with van der Waals surface area (Å²) < 4.78 is 1.31. The van der Waals surface area contributed by atoms with Crippen molar-refractivity contribution in [3.8, 4) is 0 Å². The molecule has 1 N–H and O–H groups in total. The molecule has 2 rings (SSSR count). The molecule has 0 fully saturated rings. The number of carboxylic acid groups (broad SMARTS) is 1. The lowest BCUT2D eigenvalue weighted by atomic mass is 10.0. The van der Waals surface area contributed by atoms with Crippen LogP contribution >= 0.6 is 11.8 Å². The van der Waals surface area contributed by atoms with Crippen molar-refractivity contribution in [3.05, 3.63) is 0 Å². The number of aliphatic imine (C=N–C) groups is 2. The van der Waals surface area contributed by atoms with Gasteiger partial charge in [0, 0.05) is 5.92 Å². The van der Waals surface area contributed by atoms with E-state index in [1.54, 1.807) is 7.05 Å². The van der Waals surface area contributed by atoms with Crippen LogP contribution in [-0.4, -0.2) is 69.1 Å². The van der Waals surface area contributed by atoms with E-state index in [-0.39, 0.29) is 11.7 Å². The van der Waals surface area contributed by atoms with Gasteiger partial charge in [0.2, 0.25) is 5.84 Å². The summed E-state index contributed by atoms with van der Waals surface area (Å²) in [6, 6.07) is -0.465. The zero-order valence-corrected chi connectivity index (χ0v) is 13.5. The van der Waals surface area contributed by atoms with Gasteiger partial charge in [0.05, 0.1) is 19.8 Å². The van der Waals surface area contributed by atoms with E-state index in [1.807, 2.05) is 13.8 Å². The number of amides is 3. The summed E-state index contributed by atoms with van der Waals surface area (Å²) >= 11 is 0.985. The van der Waals surface area contributed by atoms with Crippen molar-refractivity contribution in [3.63, 3.8) is 0 Å². The Morgan fingerprint density at radius 2 is 2.05 bits per heavy atom. The molecule has 9 heteroatoms. The van der Waals surface area contributed by atoms with E-state index in [9.17, 15) is 14.4 Å². The van der Waals surface area contributed by atoms with Crippen molar-refractivity contribution in [2.24, 2.45) is 21.8 Å². The summed E-state index contributed by atoms with van der Waals surface area (Å²) in [4.78, 5) is 44.9. The normalized spacial score (nSPS) is 21.9. The number of carbonyl (C=O) groups excluding carboxylic acids is 2. The highest BCUT2D eigenvalue weighted by molar-refractivity contribution is 8.14. The molecule has 2 heterocycles. The maximum Gasteiger partial charge on any atom is 0.445 e. The number of fused-ring (bicyclic) bond motifs is 1. The molecule has 22 heavy (non-hydrogen) atoms. The molecule has 0 aliphatic carbocycles. The number of nitrogens with zero attached hydrogens (tertiary/aromatic N) is 4. The van der Waals surface area contributed by atoms with Gasteiger partial charge in [-0.25, -0.2) is 9.79 Å². The Morgan fingerprint density at radius 1 is 1.41 bits per heavy atom. The van der Waals surface area contributed by atoms with Crippen LogP contribution in [0.5, 0.6) is 0 Å². The molecule has 118 valence electrons. The lowest BCUT2D eigenvalue weighted by Crippen LogP contribution is -2.55. The highest BCUT2D eigenvalue weighted by Crippen LogP contribution is 2.26. The predicted molar refractivity (Wildman–Crippen MR) is 82.6 cm³/mol. The van der Waals surface area contributed by atoms with Gasteiger partial charge in [0.25, 0.3) is 5.84 Å². The molecule has 0 aromatic carbocycles. The topological polar surface area (TPSA) is 102 Å². The van der Waals surface area contributed by atoms with Gasteiger partial charge in [0.1, 0.15) is 5.04 Å². The standard InChI is InChI=1S/C13H16N4O4S/c1-6(2)9-14-10-8(11(15-9)22-5-7(18)19)12(20)17(4)13(21)16(10)3/h6,8H,5H2,1-4H3/p+1. The second-order valence-electron chi connectivity index (χ2n) is 5.29. The van der Waals surface area contributed by atoms with Crippen molar-refractivity contribution in [1.82, 2.24) is 4.90 Å². The minimum atomic E-state index is -0.996. The number of hydrogen-bond acceptors (Lipinski definition) is 6. The first-order valence-corrected chi connectivity index (χ1v) is 7.66. The van der Waals surface area contributed by atoms with Crippen LogP contribution < -0.4 is 0 Å². The zero-order valence-electron chi connectivity index (χ0n) is 12.7. The minimum absolute atomic E-state index is 0.00728. The molecule has 0 aromatic rings. The summed E-state index contributed by atoms with van der Waals surface area (Å²) in [5.41, 5.74) is 0. The third kappa shape index (κ3) is 2.80. The van der Waals surface area contributed by atoms with Gasteiger partial charge in [-0.3, -0.25) is 9.59 Å². The second-order valence-corrected chi connectivity index (χ2v) is 6.28. The second kappa shape index (κ2) is 5.99. The molecular weight excluding hydrogens is 308 g/mol. The molecule has 2 aliphatic rings. The Kier molecular flexibility index (Phi) is 4.45. The fraction of sp³-hybridized carbons (Fsp3) is 0.538. The van der Waals surface area contributed by atoms with E-state index in [2.05, 4.69) is 9.98 Å². The van der Waals surface area contributed by atoms with Gasteiger partial charge in [-0.15, -0.1) is 0 Å². The quantitative estimate of drug-likeness (QED) is 0.762. The highest BCUT2D eigenvalue weighted by atomic mass is 32.2. The zero-order chi connectivity index (χ0) is 16.6. The van der Waals surface area contributed by atoms with Crippen LogP contribution in [0.2, 0.25) is 0 Å². The van der Waals surface area contributed by atoms with E-state index < -0.39 is 23.8 Å². The van der Waals surface area contributed by atoms with E-state index in [0.29, 0.717) is 16.7 Å². The molecule has 0 spiro atoms. The van der Waals surface area contributed by atoms with Crippen LogP contribution in [0.25, 0.3) is 0 Å². The SMILES string of the molecule is CC(C)C1=NC2=[N+](C)C(=O)N(C)C(=O)C2C(SCC(=O)O)=N1. The molecule has 1 atom stereocenters. The predicted octanol–water partition coefficient (Wildman–Crippen LogP) is 0.520. The first-order chi connectivity index (χ1) is 10.2. The molecule has 0 saturated carbocycles. The molecular formula is C13H17N4O4S+. The van der Waals surface area contributed by atoms with E-state index in [4.69, 9.17) is 5.11 Å². The summed E-state index contributed by atoms with van der Waals surface area (Å²) in [5, 5.41) is 9.22. The average Bonchev–Trinajstić information content (AvgIpc) is 2.47. The molecule has 0 radical (unpaired) electrons. The number of aliphatic carboxylic acids is 1. The summed E-state index contributed by atoms with van der Waals surface area (Å²) in [6.45, 7) is 3.78. The maximum absolute atomic E-state index is 12.4. The van der Waals surface area contributed by atoms with Crippen molar-refractivity contribution in [2.45, 2.75) is 13.8 Å². The maximum atomic E-state index is 12.4. The van der Waals surface area contributed by atoms with Crippen LogP contribution in [0.15, 0.2) is 9.98 Å². The fourth-order valence-electron chi connectivity index (χ4n) is 2.10. The molecule has 0 aromatic heterocycles. The Balaban J connectivity index is 2.53. The fourth-order valence-corrected chi connectivity index (χ4v) is 2.90. The average molecular weight is 325 g/mol. The van der Waals surface area contributed by atoms with Crippen molar-refractivity contribution in [1.29, 1.82) is 0 Å². The van der Waals surface area contributed by atoms with Crippen LogP contribution in [0.4, 0.5) is 4.79 Å². The summed E-state index contributed by atoms with van der Waals surface area (Å²) in [7, 11) is 2.93. The number of imide groups is 1. The Bertz CT molecular complexity index is 650. The first kappa shape index (κ1) is 16.3. The van der Waals surface area contributed by atoms with E-state index in [0.717, 1.165) is 16.7 Å². The van der Waals surface area contributed by atoms with Crippen LogP contribution in [-0.2, 0) is 9.59 Å². The first-order valence-electron chi connectivity index (χ1n) is 6.68. The van der Waals surface area contributed by atoms with Crippen LogP contribution in [0.3, 0.4) is 0 Å². The molecule has 0 bridgehead atoms. The summed E-state index contributed by atoms with van der Waals surface area (Å²) in [5.74, 6) is -1.68. The van der Waals surface area contributed by atoms with Gasteiger partial charge in [-0.2, -0.15) is 9.48 Å². The Labute approximate surface area is 131 Å². The van der Waals surface area contributed by atoms with Crippen molar-refractivity contribution >= 4 is 46.4 Å². The molecule has 3 amide bonds. The van der Waals surface area contributed by atoms with E-state index in [1.165, 1.54) is 11.6 Å². The smallest absolute Gasteiger partial charge is 0.445 e. The Morgan fingerprint density at radius 3 is 2.59 bits per heavy atom. The number of carboxylic acids is 1. The van der Waals surface area contributed by atoms with Gasteiger partial charge in [0.15, 0.2) is 5.92 Å². The van der Waals surface area contributed by atoms with E-state index >= 15 is 0 Å². The lowest BCUT2D eigenvalue weighted by molar-refractivity contribution is -0.407. The molecule has 8 nitrogen and oxygen atoms in total. The molecule has 1 unspecified atom stereocenters. The highest BCUT2D eigenvalue weighted by Gasteiger charge is 2.49. The van der Waals surface area contributed by atoms with Gasteiger partial charge in [-0.05, 0) is 0 Å². The number of rotatable bonds is 3. The van der Waals surface area contributed by atoms with Gasteiger partial charge in [-0.1, -0.05) is 30.6 Å². The van der Waals surface area contributed by atoms with Crippen LogP contribution in [0.1, 0.15) is 13.8 Å². The Hall–Kier alpha value is -2.03. The number of hydrogen-bond donors (Lipinski definition) is 1. The third-order valence-corrected chi connectivity index (χ3v) is 4.33. The number of thioether (sulfide) groups is 1. The monoisotopic (exact) mass is 325 g/mol. The molecule has 0 saturated heterocycles. The van der Waals surface area contributed by atoms with Crippen LogP contribution in [0, 0.1) is 11.8 Å². The summed E-state index contributed by atoms with van der Waals surface area (Å²) in [6.07, 6.45) is 0.